The zero-order valence-electron chi connectivity index (χ0n) is 12.1. The van der Waals surface area contributed by atoms with Gasteiger partial charge in [-0.3, -0.25) is 4.79 Å². The lowest BCUT2D eigenvalue weighted by Gasteiger charge is -2.33. The van der Waals surface area contributed by atoms with Crippen molar-refractivity contribution in [3.8, 4) is 0 Å². The summed E-state index contributed by atoms with van der Waals surface area (Å²) in [7, 11) is 1.46. The Morgan fingerprint density at radius 2 is 2.00 bits per heavy atom. The maximum atomic E-state index is 11.8. The Labute approximate surface area is 115 Å². The van der Waals surface area contributed by atoms with Crippen molar-refractivity contribution in [2.45, 2.75) is 50.8 Å². The second-order valence-corrected chi connectivity index (χ2v) is 5.47. The smallest absolute Gasteiger partial charge is 0.324 e. The third kappa shape index (κ3) is 4.75. The highest BCUT2D eigenvalue weighted by Gasteiger charge is 2.31. The number of nitrogens with one attached hydrogen (secondary N) is 1. The van der Waals surface area contributed by atoms with Crippen LogP contribution in [0, 0.1) is 0 Å². The molecule has 1 N–H and O–H groups in total. The van der Waals surface area contributed by atoms with E-state index in [2.05, 4.69) is 10.2 Å². The number of ether oxygens (including phenoxy) is 2. The fourth-order valence-electron chi connectivity index (χ4n) is 2.62. The van der Waals surface area contributed by atoms with Crippen molar-refractivity contribution in [1.29, 1.82) is 0 Å². The predicted octanol–water partition coefficient (Wildman–Crippen LogP) is 0.781. The number of carbonyl (C=O) groups is 1. The topological polar surface area (TPSA) is 50.8 Å². The Balaban J connectivity index is 1.75. The minimum Gasteiger partial charge on any atom is -0.468 e. The molecule has 5 nitrogen and oxygen atoms in total. The van der Waals surface area contributed by atoms with Crippen LogP contribution in [-0.2, 0) is 14.3 Å². The van der Waals surface area contributed by atoms with Gasteiger partial charge in [0.2, 0.25) is 0 Å². The number of hydrogen-bond donors (Lipinski definition) is 1. The van der Waals surface area contributed by atoms with Crippen molar-refractivity contribution in [1.82, 2.24) is 10.2 Å². The van der Waals surface area contributed by atoms with Crippen LogP contribution < -0.4 is 5.32 Å². The fourth-order valence-corrected chi connectivity index (χ4v) is 2.62. The maximum Gasteiger partial charge on any atom is 0.324 e. The van der Waals surface area contributed by atoms with Crippen molar-refractivity contribution in [2.75, 3.05) is 33.4 Å². The van der Waals surface area contributed by atoms with Gasteiger partial charge in [0.25, 0.3) is 0 Å². The standard InChI is InChI=1S/C14H26N2O3/c1-3-19-12-6-8-16(9-7-12)10-13(14(17)18-2)15-11-4-5-11/h11-13,15H,3-10H2,1-2H3. The van der Waals surface area contributed by atoms with Crippen LogP contribution in [0.5, 0.6) is 0 Å². The molecule has 19 heavy (non-hydrogen) atoms. The van der Waals surface area contributed by atoms with Gasteiger partial charge in [-0.1, -0.05) is 0 Å². The number of esters is 1. The summed E-state index contributed by atoms with van der Waals surface area (Å²) in [6.45, 7) is 5.59. The Morgan fingerprint density at radius 3 is 2.53 bits per heavy atom. The van der Waals surface area contributed by atoms with Crippen molar-refractivity contribution in [3.63, 3.8) is 0 Å². The largest absolute Gasteiger partial charge is 0.468 e. The number of rotatable bonds is 7. The zero-order chi connectivity index (χ0) is 13.7. The molecule has 0 aromatic heterocycles. The van der Waals surface area contributed by atoms with E-state index in [1.807, 2.05) is 6.92 Å². The van der Waals surface area contributed by atoms with E-state index < -0.39 is 0 Å². The van der Waals surface area contributed by atoms with Crippen LogP contribution in [0.25, 0.3) is 0 Å². The summed E-state index contributed by atoms with van der Waals surface area (Å²) in [6.07, 6.45) is 4.88. The number of piperidine rings is 1. The highest BCUT2D eigenvalue weighted by atomic mass is 16.5. The Hall–Kier alpha value is -0.650. The van der Waals surface area contributed by atoms with Crippen LogP contribution in [-0.4, -0.2) is 62.4 Å². The van der Waals surface area contributed by atoms with Crippen LogP contribution in [0.3, 0.4) is 0 Å². The summed E-state index contributed by atoms with van der Waals surface area (Å²) in [5.41, 5.74) is 0. The number of methoxy groups -OCH3 is 1. The highest BCUT2D eigenvalue weighted by molar-refractivity contribution is 5.76. The molecule has 1 saturated carbocycles. The van der Waals surface area contributed by atoms with Gasteiger partial charge in [0.1, 0.15) is 6.04 Å². The first-order chi connectivity index (χ1) is 9.22. The van der Waals surface area contributed by atoms with Gasteiger partial charge in [0, 0.05) is 32.3 Å². The number of likely N-dealkylation sites (tertiary alicyclic amines) is 1. The van der Waals surface area contributed by atoms with Crippen LogP contribution in [0.15, 0.2) is 0 Å². The van der Waals surface area contributed by atoms with Crippen LogP contribution in [0.2, 0.25) is 0 Å². The Morgan fingerprint density at radius 1 is 1.32 bits per heavy atom. The third-order valence-corrected chi connectivity index (χ3v) is 3.88. The van der Waals surface area contributed by atoms with Crippen molar-refractivity contribution < 1.29 is 14.3 Å². The molecule has 1 saturated heterocycles. The quantitative estimate of drug-likeness (QED) is 0.693. The third-order valence-electron chi connectivity index (χ3n) is 3.88. The molecular weight excluding hydrogens is 244 g/mol. The molecule has 0 radical (unpaired) electrons. The van der Waals surface area contributed by atoms with E-state index in [9.17, 15) is 4.79 Å². The van der Waals surface area contributed by atoms with Gasteiger partial charge in [-0.15, -0.1) is 0 Å². The van der Waals surface area contributed by atoms with Gasteiger partial charge >= 0.3 is 5.97 Å². The van der Waals surface area contributed by atoms with Crippen LogP contribution >= 0.6 is 0 Å². The molecule has 2 aliphatic rings. The van der Waals surface area contributed by atoms with E-state index in [0.29, 0.717) is 12.1 Å². The van der Waals surface area contributed by atoms with Gasteiger partial charge in [-0.25, -0.2) is 0 Å². The summed E-state index contributed by atoms with van der Waals surface area (Å²) in [4.78, 5) is 14.1. The predicted molar refractivity (Wildman–Crippen MR) is 73.0 cm³/mol. The molecule has 0 aromatic rings. The van der Waals surface area contributed by atoms with Crippen molar-refractivity contribution >= 4 is 5.97 Å². The molecule has 0 bridgehead atoms. The van der Waals surface area contributed by atoms with Crippen molar-refractivity contribution in [2.24, 2.45) is 0 Å². The lowest BCUT2D eigenvalue weighted by molar-refractivity contribution is -0.143. The van der Waals surface area contributed by atoms with Gasteiger partial charge in [-0.05, 0) is 32.6 Å². The molecule has 1 unspecified atom stereocenters. The van der Waals surface area contributed by atoms with E-state index in [-0.39, 0.29) is 12.0 Å². The van der Waals surface area contributed by atoms with Crippen LogP contribution in [0.4, 0.5) is 0 Å². The minimum atomic E-state index is -0.179. The van der Waals surface area contributed by atoms with Crippen LogP contribution in [0.1, 0.15) is 32.6 Å². The Kier molecular flexibility index (Phi) is 5.60. The molecule has 0 aromatic carbocycles. The van der Waals surface area contributed by atoms with E-state index in [1.165, 1.54) is 20.0 Å². The zero-order valence-corrected chi connectivity index (χ0v) is 12.1. The fraction of sp³-hybridized carbons (Fsp3) is 0.929. The lowest BCUT2D eigenvalue weighted by Crippen LogP contribution is -2.50. The summed E-state index contributed by atoms with van der Waals surface area (Å²) in [6, 6.07) is 0.339. The SMILES string of the molecule is CCOC1CCN(CC(NC2CC2)C(=O)OC)CC1. The van der Waals surface area contributed by atoms with E-state index in [0.717, 1.165) is 39.1 Å². The molecule has 1 aliphatic heterocycles. The number of carbonyl (C=O) groups excluding carboxylic acids is 1. The van der Waals surface area contributed by atoms with Gasteiger partial charge < -0.3 is 19.7 Å². The first-order valence-electron chi connectivity index (χ1n) is 7.40. The maximum absolute atomic E-state index is 11.8. The second kappa shape index (κ2) is 7.22. The van der Waals surface area contributed by atoms with E-state index in [4.69, 9.17) is 9.47 Å². The molecule has 2 rings (SSSR count). The number of nitrogens with zero attached hydrogens (tertiary/aromatic N) is 1. The first kappa shape index (κ1) is 14.8. The van der Waals surface area contributed by atoms with Gasteiger partial charge in [-0.2, -0.15) is 0 Å². The molecule has 2 fully saturated rings. The summed E-state index contributed by atoms with van der Waals surface area (Å²) in [5, 5.41) is 3.38. The normalized spacial score (nSPS) is 23.3. The average molecular weight is 270 g/mol. The van der Waals surface area contributed by atoms with E-state index >= 15 is 0 Å². The highest BCUT2D eigenvalue weighted by Crippen LogP contribution is 2.20. The van der Waals surface area contributed by atoms with Crippen molar-refractivity contribution in [3.05, 3.63) is 0 Å². The molecular formula is C14H26N2O3. The minimum absolute atomic E-state index is 0.140. The molecule has 110 valence electrons. The summed E-state index contributed by atoms with van der Waals surface area (Å²) >= 11 is 0. The second-order valence-electron chi connectivity index (χ2n) is 5.47. The molecule has 0 amide bonds. The molecule has 5 heteroatoms. The monoisotopic (exact) mass is 270 g/mol. The van der Waals surface area contributed by atoms with Gasteiger partial charge in [0.05, 0.1) is 13.2 Å². The number of hydrogen-bond acceptors (Lipinski definition) is 5. The molecule has 1 heterocycles. The summed E-state index contributed by atoms with van der Waals surface area (Å²) in [5.74, 6) is -0.140. The molecule has 0 spiro atoms. The lowest BCUT2D eigenvalue weighted by atomic mass is 10.1. The Bertz CT molecular complexity index is 286. The summed E-state index contributed by atoms with van der Waals surface area (Å²) < 4.78 is 10.5. The van der Waals surface area contributed by atoms with Gasteiger partial charge in [0.15, 0.2) is 0 Å². The van der Waals surface area contributed by atoms with E-state index in [1.54, 1.807) is 0 Å². The first-order valence-corrected chi connectivity index (χ1v) is 7.40. The average Bonchev–Trinajstić information content (AvgIpc) is 3.23. The molecule has 1 aliphatic carbocycles. The molecule has 1 atom stereocenters.